The van der Waals surface area contributed by atoms with E-state index in [0.29, 0.717) is 11.7 Å². The number of piperidine rings is 2. The maximum absolute atomic E-state index is 12.4. The van der Waals surface area contributed by atoms with Gasteiger partial charge in [0.1, 0.15) is 5.78 Å². The van der Waals surface area contributed by atoms with Crippen LogP contribution in [-0.4, -0.2) is 54.9 Å². The Balaban J connectivity index is 1.57. The number of ketones is 1. The molecule has 0 N–H and O–H groups in total. The zero-order valence-corrected chi connectivity index (χ0v) is 13.4. The summed E-state index contributed by atoms with van der Waals surface area (Å²) in [5.41, 5.74) is -0.0615. The van der Waals surface area contributed by atoms with E-state index in [-0.39, 0.29) is 5.41 Å². The van der Waals surface area contributed by atoms with E-state index in [9.17, 15) is 4.79 Å². The van der Waals surface area contributed by atoms with E-state index >= 15 is 0 Å². The fourth-order valence-corrected chi connectivity index (χ4v) is 4.72. The molecule has 2 saturated heterocycles. The molecule has 0 bridgehead atoms. The van der Waals surface area contributed by atoms with Gasteiger partial charge in [-0.15, -0.1) is 0 Å². The average Bonchev–Trinajstić information content (AvgIpc) is 2.66. The number of nitrogens with zero attached hydrogens (tertiary/aromatic N) is 2. The minimum absolute atomic E-state index is 0.0615. The highest BCUT2D eigenvalue weighted by Crippen LogP contribution is 2.38. The topological polar surface area (TPSA) is 23.6 Å². The summed E-state index contributed by atoms with van der Waals surface area (Å²) in [6.07, 6.45) is 6.22. The third kappa shape index (κ3) is 2.67. The number of carbonyl (C=O) groups is 1. The molecule has 3 atom stereocenters. The Labute approximate surface area is 123 Å². The predicted octanol–water partition coefficient (Wildman–Crippen LogP) is 2.41. The molecule has 0 spiro atoms. The van der Waals surface area contributed by atoms with Crippen LogP contribution in [0.3, 0.4) is 0 Å². The van der Waals surface area contributed by atoms with E-state index in [1.807, 2.05) is 0 Å². The van der Waals surface area contributed by atoms with Gasteiger partial charge in [0.15, 0.2) is 0 Å². The average molecular weight is 278 g/mol. The van der Waals surface area contributed by atoms with Crippen LogP contribution in [0.5, 0.6) is 0 Å². The van der Waals surface area contributed by atoms with Crippen molar-refractivity contribution in [2.45, 2.75) is 52.0 Å². The fraction of sp³-hybridized carbons (Fsp3) is 0.941. The lowest BCUT2D eigenvalue weighted by molar-refractivity contribution is -0.128. The van der Waals surface area contributed by atoms with Crippen molar-refractivity contribution in [2.24, 2.45) is 17.3 Å². The molecule has 3 heteroatoms. The Morgan fingerprint density at radius 1 is 1.20 bits per heavy atom. The van der Waals surface area contributed by atoms with Crippen LogP contribution in [0.4, 0.5) is 0 Å². The Morgan fingerprint density at radius 3 is 2.70 bits per heavy atom. The summed E-state index contributed by atoms with van der Waals surface area (Å²) in [6, 6.07) is 0.802. The number of hydrogen-bond acceptors (Lipinski definition) is 3. The zero-order valence-electron chi connectivity index (χ0n) is 13.4. The molecule has 0 aromatic carbocycles. The second-order valence-corrected chi connectivity index (χ2v) is 7.98. The molecule has 1 saturated carbocycles. The van der Waals surface area contributed by atoms with Crippen LogP contribution in [-0.2, 0) is 4.79 Å². The van der Waals surface area contributed by atoms with Gasteiger partial charge < -0.3 is 9.80 Å². The van der Waals surface area contributed by atoms with Gasteiger partial charge in [0.2, 0.25) is 0 Å². The van der Waals surface area contributed by atoms with Crippen molar-refractivity contribution in [1.29, 1.82) is 0 Å². The third-order valence-electron chi connectivity index (χ3n) is 6.06. The van der Waals surface area contributed by atoms with E-state index in [4.69, 9.17) is 0 Å². The first-order valence-electron chi connectivity index (χ1n) is 8.44. The molecule has 114 valence electrons. The van der Waals surface area contributed by atoms with Crippen LogP contribution in [0, 0.1) is 17.3 Å². The zero-order chi connectivity index (χ0) is 14.3. The molecule has 0 aromatic rings. The van der Waals surface area contributed by atoms with Gasteiger partial charge in [0.25, 0.3) is 0 Å². The monoisotopic (exact) mass is 278 g/mol. The van der Waals surface area contributed by atoms with Gasteiger partial charge in [-0.05, 0) is 58.2 Å². The lowest BCUT2D eigenvalue weighted by Crippen LogP contribution is -2.53. The van der Waals surface area contributed by atoms with Crippen molar-refractivity contribution in [3.63, 3.8) is 0 Å². The highest BCUT2D eigenvalue weighted by molar-refractivity contribution is 5.88. The summed E-state index contributed by atoms with van der Waals surface area (Å²) in [6.45, 7) is 8.95. The van der Waals surface area contributed by atoms with E-state index < -0.39 is 0 Å². The van der Waals surface area contributed by atoms with Gasteiger partial charge >= 0.3 is 0 Å². The Morgan fingerprint density at radius 2 is 2.00 bits per heavy atom. The minimum Gasteiger partial charge on any atom is -0.303 e. The second-order valence-electron chi connectivity index (χ2n) is 7.98. The SMILES string of the molecule is CN1CCCC2CN(CC3CCC(C)(C)C3=O)CCC21. The molecule has 2 heterocycles. The standard InChI is InChI=1S/C17H30N2O/c1-17(2)8-6-14(16(17)20)12-19-10-7-15-13(11-19)5-4-9-18(15)3/h13-15H,4-12H2,1-3H3. The van der Waals surface area contributed by atoms with E-state index in [2.05, 4.69) is 30.7 Å². The van der Waals surface area contributed by atoms with Gasteiger partial charge in [-0.25, -0.2) is 0 Å². The molecule has 3 rings (SSSR count). The molecule has 2 aliphatic heterocycles. The van der Waals surface area contributed by atoms with Crippen LogP contribution in [0.25, 0.3) is 0 Å². The molecule has 1 aliphatic carbocycles. The lowest BCUT2D eigenvalue weighted by atomic mass is 9.83. The van der Waals surface area contributed by atoms with Crippen LogP contribution < -0.4 is 0 Å². The molecular weight excluding hydrogens is 248 g/mol. The van der Waals surface area contributed by atoms with Crippen molar-refractivity contribution in [1.82, 2.24) is 9.80 Å². The maximum Gasteiger partial charge on any atom is 0.142 e. The van der Waals surface area contributed by atoms with E-state index in [1.54, 1.807) is 0 Å². The van der Waals surface area contributed by atoms with E-state index in [0.717, 1.165) is 31.3 Å². The lowest BCUT2D eigenvalue weighted by Gasteiger charge is -2.46. The minimum atomic E-state index is -0.0615. The molecule has 3 unspecified atom stereocenters. The Bertz CT molecular complexity index is 379. The summed E-state index contributed by atoms with van der Waals surface area (Å²) < 4.78 is 0. The summed E-state index contributed by atoms with van der Waals surface area (Å²) in [5.74, 6) is 1.66. The van der Waals surface area contributed by atoms with Gasteiger partial charge in [-0.1, -0.05) is 13.8 Å². The third-order valence-corrected chi connectivity index (χ3v) is 6.06. The molecule has 0 radical (unpaired) electrons. The van der Waals surface area contributed by atoms with Crippen molar-refractivity contribution in [3.05, 3.63) is 0 Å². The van der Waals surface area contributed by atoms with Crippen molar-refractivity contribution in [2.75, 3.05) is 33.2 Å². The summed E-state index contributed by atoms with van der Waals surface area (Å²) in [4.78, 5) is 17.6. The number of Topliss-reactive ketones (excluding diaryl/α,β-unsaturated/α-hetero) is 1. The van der Waals surface area contributed by atoms with Crippen molar-refractivity contribution >= 4 is 5.78 Å². The number of fused-ring (bicyclic) bond motifs is 1. The highest BCUT2D eigenvalue weighted by Gasteiger charge is 2.42. The van der Waals surface area contributed by atoms with Crippen LogP contribution in [0.1, 0.15) is 46.0 Å². The van der Waals surface area contributed by atoms with Crippen LogP contribution in [0.2, 0.25) is 0 Å². The van der Waals surface area contributed by atoms with Gasteiger partial charge in [0.05, 0.1) is 0 Å². The molecular formula is C17H30N2O. The van der Waals surface area contributed by atoms with E-state index in [1.165, 1.54) is 38.9 Å². The number of rotatable bonds is 2. The predicted molar refractivity (Wildman–Crippen MR) is 81.7 cm³/mol. The first kappa shape index (κ1) is 14.5. The highest BCUT2D eigenvalue weighted by atomic mass is 16.1. The summed E-state index contributed by atoms with van der Waals surface area (Å²) in [7, 11) is 2.29. The smallest absolute Gasteiger partial charge is 0.142 e. The van der Waals surface area contributed by atoms with Gasteiger partial charge in [-0.3, -0.25) is 4.79 Å². The number of carbonyl (C=O) groups excluding carboxylic acids is 1. The first-order chi connectivity index (χ1) is 9.47. The quantitative estimate of drug-likeness (QED) is 0.775. The Hall–Kier alpha value is -0.410. The van der Waals surface area contributed by atoms with Crippen molar-refractivity contribution < 1.29 is 4.79 Å². The Kier molecular flexibility index (Phi) is 3.93. The second kappa shape index (κ2) is 5.42. The largest absolute Gasteiger partial charge is 0.303 e. The summed E-state index contributed by atoms with van der Waals surface area (Å²) >= 11 is 0. The van der Waals surface area contributed by atoms with Crippen molar-refractivity contribution in [3.8, 4) is 0 Å². The first-order valence-corrected chi connectivity index (χ1v) is 8.44. The van der Waals surface area contributed by atoms with Gasteiger partial charge in [-0.2, -0.15) is 0 Å². The van der Waals surface area contributed by atoms with Crippen LogP contribution in [0.15, 0.2) is 0 Å². The molecule has 0 amide bonds. The normalized spacial score (nSPS) is 39.0. The number of likely N-dealkylation sites (tertiary alicyclic amines) is 2. The molecule has 3 aliphatic rings. The summed E-state index contributed by atoms with van der Waals surface area (Å²) in [5, 5.41) is 0. The molecule has 3 nitrogen and oxygen atoms in total. The molecule has 0 aromatic heterocycles. The number of hydrogen-bond donors (Lipinski definition) is 0. The van der Waals surface area contributed by atoms with Gasteiger partial charge in [0, 0.05) is 30.5 Å². The fourth-order valence-electron chi connectivity index (χ4n) is 4.72. The molecule has 20 heavy (non-hydrogen) atoms. The molecule has 3 fully saturated rings. The maximum atomic E-state index is 12.4. The van der Waals surface area contributed by atoms with Crippen LogP contribution >= 0.6 is 0 Å².